The molecule has 0 saturated carbocycles. The van der Waals surface area contributed by atoms with E-state index >= 15 is 0 Å². The largest absolute Gasteiger partial charge is 0.494 e. The predicted molar refractivity (Wildman–Crippen MR) is 45.8 cm³/mol. The monoisotopic (exact) mass is 261 g/mol. The normalized spacial score (nSPS) is 12.0. The number of hydrogen-bond donors (Lipinski definition) is 0. The van der Waals surface area contributed by atoms with E-state index in [9.17, 15) is 22.0 Å². The Hall–Kier alpha value is -1.11. The van der Waals surface area contributed by atoms with Crippen LogP contribution in [0.2, 0.25) is 5.15 Å². The van der Waals surface area contributed by atoms with Crippen LogP contribution in [0.1, 0.15) is 17.7 Å². The number of hydrogen-bond acceptors (Lipinski definition) is 2. The molecule has 1 aromatic heterocycles. The van der Waals surface area contributed by atoms with E-state index in [1.165, 1.54) is 0 Å². The quantitative estimate of drug-likeness (QED) is 0.598. The van der Waals surface area contributed by atoms with Crippen molar-refractivity contribution in [2.45, 2.75) is 12.6 Å². The van der Waals surface area contributed by atoms with Gasteiger partial charge in [0.15, 0.2) is 16.6 Å². The summed E-state index contributed by atoms with van der Waals surface area (Å²) in [6.07, 6.45) is -8.29. The van der Waals surface area contributed by atoms with Crippen LogP contribution in [0.15, 0.2) is 6.07 Å². The second-order valence-corrected chi connectivity index (χ2v) is 3.08. The zero-order valence-electron chi connectivity index (χ0n) is 7.78. The summed E-state index contributed by atoms with van der Waals surface area (Å²) < 4.78 is 66.2. The molecular weight excluding hydrogens is 257 g/mol. The van der Waals surface area contributed by atoms with Crippen molar-refractivity contribution in [1.29, 1.82) is 0 Å². The molecule has 0 aliphatic heterocycles. The van der Waals surface area contributed by atoms with Gasteiger partial charge in [-0.3, -0.25) is 0 Å². The Labute approximate surface area is 92.0 Å². The first-order valence-electron chi connectivity index (χ1n) is 3.87. The molecule has 2 nitrogen and oxygen atoms in total. The highest BCUT2D eigenvalue weighted by molar-refractivity contribution is 6.30. The first-order valence-corrected chi connectivity index (χ1v) is 4.25. The molecule has 8 heteroatoms. The molecule has 0 spiro atoms. The van der Waals surface area contributed by atoms with Gasteiger partial charge >= 0.3 is 6.18 Å². The van der Waals surface area contributed by atoms with Crippen LogP contribution >= 0.6 is 11.6 Å². The molecular formula is C8H5ClF5NO. The maximum atomic E-state index is 12.4. The molecule has 0 radical (unpaired) electrons. The Bertz CT molecular complexity index is 393. The van der Waals surface area contributed by atoms with Crippen molar-refractivity contribution in [3.8, 4) is 5.75 Å². The molecule has 1 heterocycles. The first kappa shape index (κ1) is 13.0. The maximum absolute atomic E-state index is 12.4. The van der Waals surface area contributed by atoms with Crippen molar-refractivity contribution in [2.75, 3.05) is 7.11 Å². The van der Waals surface area contributed by atoms with Crippen LogP contribution in [0, 0.1) is 0 Å². The van der Waals surface area contributed by atoms with Gasteiger partial charge in [-0.2, -0.15) is 13.2 Å². The minimum Gasteiger partial charge on any atom is -0.494 e. The number of ether oxygens (including phenoxy) is 1. The fourth-order valence-corrected chi connectivity index (χ4v) is 1.24. The Balaban J connectivity index is 3.42. The summed E-state index contributed by atoms with van der Waals surface area (Å²) in [6, 6.07) is 0.531. The van der Waals surface area contributed by atoms with E-state index < -0.39 is 29.0 Å². The molecule has 0 aromatic carbocycles. The second kappa shape index (κ2) is 4.40. The van der Waals surface area contributed by atoms with Crippen molar-refractivity contribution in [3.05, 3.63) is 22.5 Å². The molecule has 16 heavy (non-hydrogen) atoms. The first-order chi connectivity index (χ1) is 7.27. The fraction of sp³-hybridized carbons (Fsp3) is 0.375. The van der Waals surface area contributed by atoms with Gasteiger partial charge in [-0.25, -0.2) is 13.8 Å². The number of rotatable bonds is 2. The molecule has 0 N–H and O–H groups in total. The summed E-state index contributed by atoms with van der Waals surface area (Å²) in [4.78, 5) is 2.87. The molecule has 0 amide bonds. The number of aromatic nitrogens is 1. The van der Waals surface area contributed by atoms with Gasteiger partial charge in [0.05, 0.1) is 12.7 Å². The van der Waals surface area contributed by atoms with E-state index in [2.05, 4.69) is 9.72 Å². The van der Waals surface area contributed by atoms with Crippen LogP contribution in [0.3, 0.4) is 0 Å². The van der Waals surface area contributed by atoms with Gasteiger partial charge in [0.25, 0.3) is 6.43 Å². The highest BCUT2D eigenvalue weighted by atomic mass is 35.5. The maximum Gasteiger partial charge on any atom is 0.433 e. The van der Waals surface area contributed by atoms with Gasteiger partial charge in [0.1, 0.15) is 0 Å². The minimum absolute atomic E-state index is 0.329. The van der Waals surface area contributed by atoms with Crippen LogP contribution in [0.5, 0.6) is 5.75 Å². The topological polar surface area (TPSA) is 22.1 Å². The lowest BCUT2D eigenvalue weighted by molar-refractivity contribution is -0.143. The van der Waals surface area contributed by atoms with E-state index in [0.717, 1.165) is 7.11 Å². The third-order valence-electron chi connectivity index (χ3n) is 1.70. The summed E-state index contributed by atoms with van der Waals surface area (Å²) in [7, 11) is 1.09. The van der Waals surface area contributed by atoms with Gasteiger partial charge in [0.2, 0.25) is 0 Å². The van der Waals surface area contributed by atoms with E-state index in [1.807, 2.05) is 0 Å². The molecule has 0 unspecified atom stereocenters. The van der Waals surface area contributed by atoms with Crippen molar-refractivity contribution in [3.63, 3.8) is 0 Å². The number of nitrogens with zero attached hydrogens (tertiary/aromatic N) is 1. The summed E-state index contributed by atoms with van der Waals surface area (Å²) >= 11 is 5.33. The van der Waals surface area contributed by atoms with Crippen LogP contribution in [-0.2, 0) is 6.18 Å². The third kappa shape index (κ3) is 2.52. The van der Waals surface area contributed by atoms with Crippen molar-refractivity contribution >= 4 is 11.6 Å². The molecule has 0 aliphatic rings. The van der Waals surface area contributed by atoms with Crippen LogP contribution in [-0.4, -0.2) is 12.1 Å². The molecule has 0 saturated heterocycles. The number of alkyl halides is 5. The average Bonchev–Trinajstić information content (AvgIpc) is 2.15. The van der Waals surface area contributed by atoms with Gasteiger partial charge in [0, 0.05) is 0 Å². The summed E-state index contributed by atoms with van der Waals surface area (Å²) in [5, 5.41) is -0.612. The predicted octanol–water partition coefficient (Wildman–Crippen LogP) is 3.70. The summed E-state index contributed by atoms with van der Waals surface area (Å²) in [5.41, 5.74) is -2.96. The van der Waals surface area contributed by atoms with Crippen LogP contribution in [0.25, 0.3) is 0 Å². The van der Waals surface area contributed by atoms with Gasteiger partial charge in [-0.05, 0) is 6.07 Å². The smallest absolute Gasteiger partial charge is 0.433 e. The number of pyridine rings is 1. The van der Waals surface area contributed by atoms with Crippen molar-refractivity contribution < 1.29 is 26.7 Å². The van der Waals surface area contributed by atoms with Crippen LogP contribution < -0.4 is 4.74 Å². The Morgan fingerprint density at radius 2 is 1.94 bits per heavy atom. The number of halogens is 6. The Morgan fingerprint density at radius 3 is 2.31 bits per heavy atom. The van der Waals surface area contributed by atoms with Crippen molar-refractivity contribution in [1.82, 2.24) is 4.98 Å². The molecule has 90 valence electrons. The zero-order chi connectivity index (χ0) is 12.5. The van der Waals surface area contributed by atoms with Crippen molar-refractivity contribution in [2.24, 2.45) is 0 Å². The van der Waals surface area contributed by atoms with Gasteiger partial charge in [-0.1, -0.05) is 11.6 Å². The van der Waals surface area contributed by atoms with E-state index in [1.54, 1.807) is 0 Å². The zero-order valence-corrected chi connectivity index (χ0v) is 8.53. The fourth-order valence-electron chi connectivity index (χ4n) is 1.02. The molecule has 0 atom stereocenters. The molecule has 0 aliphatic carbocycles. The summed E-state index contributed by atoms with van der Waals surface area (Å²) in [6.45, 7) is 0. The van der Waals surface area contributed by atoms with E-state index in [-0.39, 0.29) is 5.75 Å². The van der Waals surface area contributed by atoms with Crippen LogP contribution in [0.4, 0.5) is 22.0 Å². The SMILES string of the molecule is COc1cc(C(F)F)c(C(F)(F)F)nc1Cl. The summed E-state index contributed by atoms with van der Waals surface area (Å²) in [5.74, 6) is -0.329. The molecule has 1 aromatic rings. The van der Waals surface area contributed by atoms with Gasteiger partial charge < -0.3 is 4.74 Å². The second-order valence-electron chi connectivity index (χ2n) is 2.72. The molecule has 0 bridgehead atoms. The Kier molecular flexibility index (Phi) is 3.57. The standard InChI is InChI=1S/C8H5ClF5NO/c1-16-4-2-3(7(10)11)5(8(12,13)14)15-6(4)9/h2,7H,1H3. The lowest BCUT2D eigenvalue weighted by Crippen LogP contribution is -2.13. The molecule has 1 rings (SSSR count). The Morgan fingerprint density at radius 1 is 1.38 bits per heavy atom. The lowest BCUT2D eigenvalue weighted by atomic mass is 10.2. The molecule has 0 fully saturated rings. The average molecular weight is 262 g/mol. The van der Waals surface area contributed by atoms with E-state index in [0.29, 0.717) is 6.07 Å². The third-order valence-corrected chi connectivity index (χ3v) is 1.97. The minimum atomic E-state index is -4.98. The number of methoxy groups -OCH3 is 1. The lowest BCUT2D eigenvalue weighted by Gasteiger charge is -2.13. The van der Waals surface area contributed by atoms with E-state index in [4.69, 9.17) is 11.6 Å². The highest BCUT2D eigenvalue weighted by Gasteiger charge is 2.38. The highest BCUT2D eigenvalue weighted by Crippen LogP contribution is 2.38. The van der Waals surface area contributed by atoms with Gasteiger partial charge in [-0.15, -0.1) is 0 Å².